The Labute approximate surface area is 162 Å². The summed E-state index contributed by atoms with van der Waals surface area (Å²) in [5.74, 6) is -2.57. The van der Waals surface area contributed by atoms with Crippen LogP contribution < -0.4 is 10.5 Å². The molecule has 1 unspecified atom stereocenters. The zero-order valence-electron chi connectivity index (χ0n) is 14.6. The number of hydrogen-bond donors (Lipinski definition) is 1. The van der Waals surface area contributed by atoms with E-state index in [-0.39, 0.29) is 22.9 Å². The molecule has 4 rings (SSSR count). The molecule has 0 radical (unpaired) electrons. The van der Waals surface area contributed by atoms with Crippen LogP contribution in [0.1, 0.15) is 22.7 Å². The number of nitrogens with zero attached hydrogens (tertiary/aromatic N) is 3. The second-order valence-corrected chi connectivity index (χ2v) is 6.29. The lowest BCUT2D eigenvalue weighted by Gasteiger charge is -2.25. The number of nitrogens with two attached hydrogens (primary N) is 1. The Morgan fingerprint density at radius 2 is 1.83 bits per heavy atom. The molecule has 5 nitrogen and oxygen atoms in total. The third-order valence-corrected chi connectivity index (χ3v) is 4.50. The molecule has 0 bridgehead atoms. The van der Waals surface area contributed by atoms with E-state index in [0.717, 1.165) is 16.8 Å². The molecule has 3 aromatic rings. The van der Waals surface area contributed by atoms with Crippen LogP contribution in [-0.2, 0) is 6.18 Å². The molecule has 0 amide bonds. The minimum Gasteiger partial charge on any atom is -0.422 e. The third kappa shape index (κ3) is 3.08. The van der Waals surface area contributed by atoms with Crippen LogP contribution in [0.2, 0.25) is 0 Å². The number of hydrogen-bond acceptors (Lipinski definition) is 4. The first-order valence-electron chi connectivity index (χ1n) is 8.40. The summed E-state index contributed by atoms with van der Waals surface area (Å²) < 4.78 is 61.8. The van der Waals surface area contributed by atoms with Crippen molar-refractivity contribution < 1.29 is 22.3 Å². The number of alkyl halides is 3. The van der Waals surface area contributed by atoms with E-state index in [0.29, 0.717) is 5.69 Å². The fourth-order valence-corrected chi connectivity index (χ4v) is 3.31. The number of benzene rings is 2. The summed E-state index contributed by atoms with van der Waals surface area (Å²) in [7, 11) is 0. The molecule has 0 saturated carbocycles. The molecule has 0 spiro atoms. The Hall–Kier alpha value is -3.80. The van der Waals surface area contributed by atoms with Gasteiger partial charge in [-0.2, -0.15) is 28.2 Å². The third-order valence-electron chi connectivity index (χ3n) is 4.50. The minimum absolute atomic E-state index is 0.132. The first kappa shape index (κ1) is 18.6. The van der Waals surface area contributed by atoms with Gasteiger partial charge in [-0.25, -0.2) is 4.39 Å². The maximum absolute atomic E-state index is 13.9. The highest BCUT2D eigenvalue weighted by Crippen LogP contribution is 2.48. The average molecular weight is 400 g/mol. The van der Waals surface area contributed by atoms with Crippen LogP contribution in [0.25, 0.3) is 5.69 Å². The van der Waals surface area contributed by atoms with E-state index in [1.807, 2.05) is 0 Å². The van der Waals surface area contributed by atoms with E-state index < -0.39 is 29.2 Å². The second-order valence-electron chi connectivity index (χ2n) is 6.29. The molecule has 9 heteroatoms. The van der Waals surface area contributed by atoms with Crippen LogP contribution >= 0.6 is 0 Å². The van der Waals surface area contributed by atoms with Crippen molar-refractivity contribution in [2.75, 3.05) is 0 Å². The molecule has 1 aliphatic heterocycles. The molecule has 0 fully saturated rings. The molecule has 2 aromatic carbocycles. The lowest BCUT2D eigenvalue weighted by atomic mass is 9.84. The SMILES string of the molecule is N#CC1=C(N)Oc2c(c(C(F)(F)F)nn2-c2ccccc2)C1c1cccc(F)c1. The van der Waals surface area contributed by atoms with Crippen LogP contribution in [0, 0.1) is 17.1 Å². The van der Waals surface area contributed by atoms with Crippen LogP contribution in [-0.4, -0.2) is 9.78 Å². The lowest BCUT2D eigenvalue weighted by molar-refractivity contribution is -0.142. The smallest absolute Gasteiger partial charge is 0.422 e. The molecular weight excluding hydrogens is 388 g/mol. The molecule has 2 heterocycles. The Balaban J connectivity index is 2.06. The quantitative estimate of drug-likeness (QED) is 0.653. The van der Waals surface area contributed by atoms with Gasteiger partial charge in [0.25, 0.3) is 0 Å². The van der Waals surface area contributed by atoms with Crippen molar-refractivity contribution in [1.29, 1.82) is 5.26 Å². The topological polar surface area (TPSA) is 76.9 Å². The number of para-hydroxylation sites is 1. The van der Waals surface area contributed by atoms with Crippen LogP contribution in [0.4, 0.5) is 17.6 Å². The Morgan fingerprint density at radius 3 is 2.45 bits per heavy atom. The summed E-state index contributed by atoms with van der Waals surface area (Å²) in [5.41, 5.74) is 4.43. The van der Waals surface area contributed by atoms with Gasteiger partial charge in [-0.3, -0.25) is 0 Å². The summed E-state index contributed by atoms with van der Waals surface area (Å²) in [5, 5.41) is 13.3. The number of allylic oxidation sites excluding steroid dienone is 1. The summed E-state index contributed by atoms with van der Waals surface area (Å²) >= 11 is 0. The number of rotatable bonds is 2. The Morgan fingerprint density at radius 1 is 1.10 bits per heavy atom. The number of aromatic nitrogens is 2. The molecule has 1 atom stereocenters. The maximum Gasteiger partial charge on any atom is 0.435 e. The summed E-state index contributed by atoms with van der Waals surface area (Å²) in [6.45, 7) is 0. The summed E-state index contributed by atoms with van der Waals surface area (Å²) in [6.07, 6.45) is -4.84. The van der Waals surface area contributed by atoms with E-state index >= 15 is 0 Å². The molecule has 1 aliphatic rings. The highest BCUT2D eigenvalue weighted by Gasteiger charge is 2.46. The van der Waals surface area contributed by atoms with Crippen molar-refractivity contribution in [3.8, 4) is 17.6 Å². The van der Waals surface area contributed by atoms with E-state index in [1.165, 1.54) is 12.1 Å². The standard InChI is InChI=1S/C20H12F4N4O/c21-12-6-4-5-11(9-12)15-14(10-25)18(26)29-19-16(15)17(20(22,23)24)27-28(19)13-7-2-1-3-8-13/h1-9,15H,26H2. The zero-order chi connectivity index (χ0) is 20.8. The second kappa shape index (κ2) is 6.67. The number of nitriles is 1. The number of fused-ring (bicyclic) bond motifs is 1. The van der Waals surface area contributed by atoms with E-state index in [9.17, 15) is 22.8 Å². The van der Waals surface area contributed by atoms with E-state index in [4.69, 9.17) is 10.5 Å². The molecule has 146 valence electrons. The molecular formula is C20H12F4N4O. The summed E-state index contributed by atoms with van der Waals surface area (Å²) in [4.78, 5) is 0. The highest BCUT2D eigenvalue weighted by atomic mass is 19.4. The van der Waals surface area contributed by atoms with Gasteiger partial charge in [0.15, 0.2) is 5.69 Å². The van der Waals surface area contributed by atoms with Gasteiger partial charge >= 0.3 is 6.18 Å². The molecule has 0 aliphatic carbocycles. The van der Waals surface area contributed by atoms with E-state index in [2.05, 4.69) is 5.10 Å². The predicted molar refractivity (Wildman–Crippen MR) is 94.3 cm³/mol. The monoisotopic (exact) mass is 400 g/mol. The first-order chi connectivity index (χ1) is 13.8. The van der Waals surface area contributed by atoms with Gasteiger partial charge < -0.3 is 10.5 Å². The molecule has 2 N–H and O–H groups in total. The van der Waals surface area contributed by atoms with Gasteiger partial charge in [-0.1, -0.05) is 30.3 Å². The predicted octanol–water partition coefficient (Wildman–Crippen LogP) is 4.25. The molecule has 1 aromatic heterocycles. The van der Waals surface area contributed by atoms with Crippen molar-refractivity contribution in [2.45, 2.75) is 12.1 Å². The van der Waals surface area contributed by atoms with Crippen LogP contribution in [0.15, 0.2) is 66.1 Å². The fourth-order valence-electron chi connectivity index (χ4n) is 3.31. The fraction of sp³-hybridized carbons (Fsp3) is 0.100. The van der Waals surface area contributed by atoms with Gasteiger partial charge in [0, 0.05) is 0 Å². The molecule has 29 heavy (non-hydrogen) atoms. The number of halogens is 4. The van der Waals surface area contributed by atoms with Crippen molar-refractivity contribution in [3.63, 3.8) is 0 Å². The van der Waals surface area contributed by atoms with Crippen molar-refractivity contribution in [2.24, 2.45) is 5.73 Å². The molecule has 0 saturated heterocycles. The van der Waals surface area contributed by atoms with Gasteiger partial charge in [-0.15, -0.1) is 0 Å². The van der Waals surface area contributed by atoms with Gasteiger partial charge in [0.05, 0.1) is 17.2 Å². The minimum atomic E-state index is -4.84. The lowest BCUT2D eigenvalue weighted by Crippen LogP contribution is -2.23. The Kier molecular flexibility index (Phi) is 4.27. The van der Waals surface area contributed by atoms with Crippen molar-refractivity contribution >= 4 is 0 Å². The van der Waals surface area contributed by atoms with Gasteiger partial charge in [-0.05, 0) is 29.8 Å². The largest absolute Gasteiger partial charge is 0.435 e. The number of ether oxygens (including phenoxy) is 1. The van der Waals surface area contributed by atoms with Crippen molar-refractivity contribution in [3.05, 3.63) is 88.7 Å². The normalized spacial score (nSPS) is 16.2. The summed E-state index contributed by atoms with van der Waals surface area (Å²) in [6, 6.07) is 14.8. The van der Waals surface area contributed by atoms with Crippen LogP contribution in [0.3, 0.4) is 0 Å². The van der Waals surface area contributed by atoms with Gasteiger partial charge in [0.2, 0.25) is 11.8 Å². The van der Waals surface area contributed by atoms with Crippen LogP contribution in [0.5, 0.6) is 5.88 Å². The highest BCUT2D eigenvalue weighted by molar-refractivity contribution is 5.57. The maximum atomic E-state index is 13.9. The average Bonchev–Trinajstić information content (AvgIpc) is 3.07. The first-order valence-corrected chi connectivity index (χ1v) is 8.40. The zero-order valence-corrected chi connectivity index (χ0v) is 14.6. The van der Waals surface area contributed by atoms with E-state index in [1.54, 1.807) is 36.4 Å². The van der Waals surface area contributed by atoms with Crippen molar-refractivity contribution in [1.82, 2.24) is 9.78 Å². The Bertz CT molecular complexity index is 1160. The van der Waals surface area contributed by atoms with Gasteiger partial charge in [0.1, 0.15) is 17.5 Å².